The van der Waals surface area contributed by atoms with Crippen LogP contribution >= 0.6 is 11.6 Å². The fourth-order valence-corrected chi connectivity index (χ4v) is 4.73. The van der Waals surface area contributed by atoms with Gasteiger partial charge < -0.3 is 18.9 Å². The Balaban J connectivity index is 1.32. The monoisotopic (exact) mass is 598 g/mol. The van der Waals surface area contributed by atoms with E-state index in [0.717, 1.165) is 21.5 Å². The summed E-state index contributed by atoms with van der Waals surface area (Å²) in [4.78, 5) is 24.7. The van der Waals surface area contributed by atoms with Gasteiger partial charge in [-0.15, -0.1) is 0 Å². The van der Waals surface area contributed by atoms with E-state index in [0.29, 0.717) is 27.9 Å². The molecule has 0 aliphatic carbocycles. The minimum atomic E-state index is -0.572. The van der Waals surface area contributed by atoms with Crippen molar-refractivity contribution in [3.63, 3.8) is 0 Å². The number of amides is 2. The van der Waals surface area contributed by atoms with E-state index in [1.165, 1.54) is 0 Å². The summed E-state index contributed by atoms with van der Waals surface area (Å²) in [5.41, 5.74) is 1.28. The van der Waals surface area contributed by atoms with Crippen molar-refractivity contribution in [1.29, 1.82) is 0 Å². The highest BCUT2D eigenvalue weighted by Gasteiger charge is 2.20. The highest BCUT2D eigenvalue weighted by Crippen LogP contribution is 2.43. The first-order valence-electron chi connectivity index (χ1n) is 13.8. The molecule has 0 radical (unpaired) electrons. The van der Waals surface area contributed by atoms with Crippen LogP contribution in [-0.4, -0.2) is 37.6 Å². The summed E-state index contributed by atoms with van der Waals surface area (Å²) in [5, 5.41) is 9.05. The zero-order chi connectivity index (χ0) is 30.2. The third-order valence-electron chi connectivity index (χ3n) is 6.47. The molecule has 0 spiro atoms. The molecule has 0 fully saturated rings. The summed E-state index contributed by atoms with van der Waals surface area (Å²) in [6, 6.07) is 31.3. The molecule has 5 aromatic rings. The Morgan fingerprint density at radius 3 is 1.51 bits per heavy atom. The van der Waals surface area contributed by atoms with Crippen LogP contribution in [0.1, 0.15) is 13.8 Å². The topological polar surface area (TPSA) is 95.1 Å². The maximum Gasteiger partial charge on any atom is 0.412 e. The number of rotatable bonds is 10. The van der Waals surface area contributed by atoms with Crippen LogP contribution in [0.25, 0.3) is 21.5 Å². The molecule has 0 heterocycles. The molecule has 9 heteroatoms. The van der Waals surface area contributed by atoms with Gasteiger partial charge in [0.25, 0.3) is 0 Å². The number of nitrogens with one attached hydrogen (secondary N) is 2. The Morgan fingerprint density at radius 1 is 0.605 bits per heavy atom. The van der Waals surface area contributed by atoms with Gasteiger partial charge in [0, 0.05) is 37.9 Å². The fraction of sp³-hybridized carbons (Fsp3) is 0.176. The van der Waals surface area contributed by atoms with Gasteiger partial charge in [0.05, 0.1) is 0 Å². The van der Waals surface area contributed by atoms with Crippen molar-refractivity contribution < 1.29 is 28.5 Å². The molecule has 2 unspecified atom stereocenters. The maximum absolute atomic E-state index is 12.4. The van der Waals surface area contributed by atoms with Gasteiger partial charge in [0.15, 0.2) is 0 Å². The van der Waals surface area contributed by atoms with E-state index in [-0.39, 0.29) is 13.2 Å². The number of hydrogen-bond acceptors (Lipinski definition) is 6. The van der Waals surface area contributed by atoms with E-state index < -0.39 is 24.4 Å². The van der Waals surface area contributed by atoms with E-state index >= 15 is 0 Å². The van der Waals surface area contributed by atoms with Crippen LogP contribution in [0, 0.1) is 0 Å². The van der Waals surface area contributed by atoms with Crippen molar-refractivity contribution in [3.8, 4) is 11.5 Å². The van der Waals surface area contributed by atoms with Gasteiger partial charge in [0.2, 0.25) is 0 Å². The average Bonchev–Trinajstić information content (AvgIpc) is 2.99. The number of fused-ring (bicyclic) bond motifs is 2. The smallest absolute Gasteiger partial charge is 0.412 e. The van der Waals surface area contributed by atoms with Gasteiger partial charge in [-0.1, -0.05) is 72.3 Å². The van der Waals surface area contributed by atoms with Crippen LogP contribution < -0.4 is 20.1 Å². The van der Waals surface area contributed by atoms with Crippen molar-refractivity contribution in [2.24, 2.45) is 0 Å². The van der Waals surface area contributed by atoms with Crippen molar-refractivity contribution in [2.45, 2.75) is 26.1 Å². The highest BCUT2D eigenvalue weighted by atomic mass is 35.5. The third kappa shape index (κ3) is 7.67. The van der Waals surface area contributed by atoms with Crippen molar-refractivity contribution in [1.82, 2.24) is 0 Å². The van der Waals surface area contributed by atoms with Gasteiger partial charge in [-0.3, -0.25) is 10.6 Å². The molecule has 5 rings (SSSR count). The first-order chi connectivity index (χ1) is 20.9. The number of halogens is 1. The summed E-state index contributed by atoms with van der Waals surface area (Å²) >= 11 is 6.42. The zero-order valence-electron chi connectivity index (χ0n) is 23.7. The SMILES string of the molecule is CC(COc1c2ccccc2c(OCC(C)OC(=O)Nc2ccccc2)c2cc(Cl)ccc12)OC(=O)Nc1ccccc1. The predicted molar refractivity (Wildman–Crippen MR) is 169 cm³/mol. The van der Waals surface area contributed by atoms with Crippen LogP contribution in [0.4, 0.5) is 21.0 Å². The Morgan fingerprint density at radius 2 is 1.02 bits per heavy atom. The highest BCUT2D eigenvalue weighted by molar-refractivity contribution is 6.31. The number of carbonyl (C=O) groups is 2. The van der Waals surface area contributed by atoms with Crippen molar-refractivity contribution >= 4 is 56.7 Å². The van der Waals surface area contributed by atoms with E-state index in [2.05, 4.69) is 10.6 Å². The van der Waals surface area contributed by atoms with E-state index in [1.54, 1.807) is 44.2 Å². The van der Waals surface area contributed by atoms with Crippen molar-refractivity contribution in [2.75, 3.05) is 23.8 Å². The molecular formula is C34H31ClN2O6. The quantitative estimate of drug-likeness (QED) is 0.156. The van der Waals surface area contributed by atoms with Gasteiger partial charge in [-0.25, -0.2) is 9.59 Å². The van der Waals surface area contributed by atoms with Gasteiger partial charge in [0.1, 0.15) is 36.9 Å². The molecule has 0 bridgehead atoms. The number of anilines is 2. The summed E-state index contributed by atoms with van der Waals surface area (Å²) in [5.74, 6) is 1.20. The lowest BCUT2D eigenvalue weighted by Gasteiger charge is -2.21. The first kappa shape index (κ1) is 29.5. The van der Waals surface area contributed by atoms with Gasteiger partial charge in [-0.2, -0.15) is 0 Å². The molecule has 5 aromatic carbocycles. The molecule has 0 aliphatic heterocycles. The Bertz CT molecular complexity index is 1710. The van der Waals surface area contributed by atoms with E-state index in [4.69, 9.17) is 30.5 Å². The number of benzene rings is 5. The van der Waals surface area contributed by atoms with Crippen molar-refractivity contribution in [3.05, 3.63) is 108 Å². The number of para-hydroxylation sites is 2. The lowest BCUT2D eigenvalue weighted by molar-refractivity contribution is 0.0854. The largest absolute Gasteiger partial charge is 0.488 e. The summed E-state index contributed by atoms with van der Waals surface area (Å²) < 4.78 is 23.6. The zero-order valence-corrected chi connectivity index (χ0v) is 24.5. The fourth-order valence-electron chi connectivity index (χ4n) is 4.56. The lowest BCUT2D eigenvalue weighted by Crippen LogP contribution is -2.25. The maximum atomic E-state index is 12.4. The molecule has 8 nitrogen and oxygen atoms in total. The van der Waals surface area contributed by atoms with E-state index in [9.17, 15) is 9.59 Å². The predicted octanol–water partition coefficient (Wildman–Crippen LogP) is 8.68. The van der Waals surface area contributed by atoms with E-state index in [1.807, 2.05) is 72.8 Å². The molecule has 2 N–H and O–H groups in total. The molecule has 0 saturated carbocycles. The third-order valence-corrected chi connectivity index (χ3v) is 6.70. The molecule has 0 aliphatic rings. The minimum absolute atomic E-state index is 0.107. The first-order valence-corrected chi connectivity index (χ1v) is 14.2. The van der Waals surface area contributed by atoms with Crippen LogP contribution in [-0.2, 0) is 9.47 Å². The van der Waals surface area contributed by atoms with Crippen LogP contribution in [0.3, 0.4) is 0 Å². The molecular weight excluding hydrogens is 568 g/mol. The van der Waals surface area contributed by atoms with Crippen LogP contribution in [0.5, 0.6) is 11.5 Å². The Kier molecular flexibility index (Phi) is 9.49. The number of hydrogen-bond donors (Lipinski definition) is 2. The number of carbonyl (C=O) groups excluding carboxylic acids is 2. The normalized spacial score (nSPS) is 12.3. The number of ether oxygens (including phenoxy) is 4. The molecule has 2 atom stereocenters. The second-order valence-electron chi connectivity index (χ2n) is 9.93. The summed E-state index contributed by atoms with van der Waals surface area (Å²) in [7, 11) is 0. The minimum Gasteiger partial charge on any atom is -0.488 e. The molecule has 2 amide bonds. The lowest BCUT2D eigenvalue weighted by atomic mass is 10.0. The van der Waals surface area contributed by atoms with Gasteiger partial charge in [-0.05, 0) is 56.3 Å². The standard InChI is InChI=1S/C34H31ClN2O6/c1-22(42-33(38)36-25-11-5-3-6-12-25)20-40-31-27-15-9-10-16-28(27)32(30-19-24(35)17-18-29(30)31)41-21-23(2)43-34(39)37-26-13-7-4-8-14-26/h3-19,22-23H,20-21H2,1-2H3,(H,36,38)(H,37,39). The Labute approximate surface area is 254 Å². The molecule has 0 aromatic heterocycles. The average molecular weight is 599 g/mol. The van der Waals surface area contributed by atoms with Crippen LogP contribution in [0.2, 0.25) is 5.02 Å². The molecule has 220 valence electrons. The Hall–Kier alpha value is -4.95. The summed E-state index contributed by atoms with van der Waals surface area (Å²) in [6.07, 6.45) is -2.23. The molecule has 0 saturated heterocycles. The second kappa shape index (κ2) is 13.8. The molecule has 43 heavy (non-hydrogen) atoms. The summed E-state index contributed by atoms with van der Waals surface area (Å²) in [6.45, 7) is 3.74. The second-order valence-corrected chi connectivity index (χ2v) is 10.4. The van der Waals surface area contributed by atoms with Gasteiger partial charge >= 0.3 is 12.2 Å². The van der Waals surface area contributed by atoms with Crippen LogP contribution in [0.15, 0.2) is 103 Å².